The van der Waals surface area contributed by atoms with Gasteiger partial charge in [0.1, 0.15) is 11.1 Å². The number of hydrogen-bond acceptors (Lipinski definition) is 4. The van der Waals surface area contributed by atoms with Crippen molar-refractivity contribution < 1.29 is 17.6 Å². The third-order valence-corrected chi connectivity index (χ3v) is 7.00. The minimum Gasteiger partial charge on any atom is -0.354 e. The maximum atomic E-state index is 13.6. The normalized spacial score (nSPS) is 12.4. The first-order valence-electron chi connectivity index (χ1n) is 9.18. The van der Waals surface area contributed by atoms with E-state index in [2.05, 4.69) is 10.3 Å². The molecule has 1 unspecified atom stereocenters. The van der Waals surface area contributed by atoms with Crippen LogP contribution in [-0.4, -0.2) is 25.9 Å². The van der Waals surface area contributed by atoms with Gasteiger partial charge in [-0.2, -0.15) is 0 Å². The van der Waals surface area contributed by atoms with Gasteiger partial charge in [-0.15, -0.1) is 0 Å². The average molecular weight is 447 g/mol. The van der Waals surface area contributed by atoms with Gasteiger partial charge in [0.05, 0.1) is 11.3 Å². The lowest BCUT2D eigenvalue weighted by molar-refractivity contribution is -0.120. The number of nitrogens with one attached hydrogen (secondary N) is 1. The molecule has 156 valence electrons. The SMILES string of the molecule is Cc1cc(S(=O)(=O)C(CNC(=O)Cc2ccc(Cl)cc2)c2cccnc2)ccc1F. The summed E-state index contributed by atoms with van der Waals surface area (Å²) in [5.74, 6) is -0.806. The van der Waals surface area contributed by atoms with Crippen LogP contribution >= 0.6 is 11.6 Å². The lowest BCUT2D eigenvalue weighted by Gasteiger charge is -2.19. The Morgan fingerprint density at radius 1 is 1.17 bits per heavy atom. The molecule has 1 atom stereocenters. The molecule has 1 aromatic heterocycles. The van der Waals surface area contributed by atoms with Crippen LogP contribution in [0.1, 0.15) is 21.9 Å². The predicted molar refractivity (Wildman–Crippen MR) is 113 cm³/mol. The van der Waals surface area contributed by atoms with Crippen LogP contribution in [0.4, 0.5) is 4.39 Å². The van der Waals surface area contributed by atoms with Crippen LogP contribution in [-0.2, 0) is 21.1 Å². The van der Waals surface area contributed by atoms with E-state index >= 15 is 0 Å². The number of benzene rings is 2. The van der Waals surface area contributed by atoms with Gasteiger partial charge in [-0.25, -0.2) is 12.8 Å². The van der Waals surface area contributed by atoms with Gasteiger partial charge in [0, 0.05) is 24.0 Å². The molecule has 1 amide bonds. The summed E-state index contributed by atoms with van der Waals surface area (Å²) in [6, 6.07) is 13.8. The molecule has 0 fully saturated rings. The Hall–Kier alpha value is -2.77. The summed E-state index contributed by atoms with van der Waals surface area (Å²) in [4.78, 5) is 16.4. The van der Waals surface area contributed by atoms with Crippen molar-refractivity contribution in [2.75, 3.05) is 6.54 Å². The van der Waals surface area contributed by atoms with E-state index in [1.165, 1.54) is 31.5 Å². The Morgan fingerprint density at radius 3 is 2.53 bits per heavy atom. The number of amides is 1. The van der Waals surface area contributed by atoms with Crippen molar-refractivity contribution in [3.8, 4) is 0 Å². The van der Waals surface area contributed by atoms with Gasteiger partial charge >= 0.3 is 0 Å². The zero-order chi connectivity index (χ0) is 21.7. The minimum absolute atomic E-state index is 0.0118. The number of aryl methyl sites for hydroxylation is 1. The smallest absolute Gasteiger partial charge is 0.224 e. The lowest BCUT2D eigenvalue weighted by Crippen LogP contribution is -2.33. The molecule has 0 spiro atoms. The standard InChI is InChI=1S/C22H20ClFN2O3S/c1-15-11-19(8-9-20(15)24)30(28,29)21(17-3-2-10-25-13-17)14-26-22(27)12-16-4-6-18(23)7-5-16/h2-11,13,21H,12,14H2,1H3,(H,26,27). The van der Waals surface area contributed by atoms with Crippen molar-refractivity contribution in [2.45, 2.75) is 23.5 Å². The van der Waals surface area contributed by atoms with Gasteiger partial charge in [0.15, 0.2) is 9.84 Å². The average Bonchev–Trinajstić information content (AvgIpc) is 2.72. The molecule has 8 heteroatoms. The van der Waals surface area contributed by atoms with Crippen molar-refractivity contribution in [3.63, 3.8) is 0 Å². The van der Waals surface area contributed by atoms with Crippen LogP contribution in [0.2, 0.25) is 5.02 Å². The molecule has 5 nitrogen and oxygen atoms in total. The third-order valence-electron chi connectivity index (χ3n) is 4.65. The highest BCUT2D eigenvalue weighted by Gasteiger charge is 2.30. The molecule has 0 saturated carbocycles. The lowest BCUT2D eigenvalue weighted by atomic mass is 10.1. The molecule has 2 aromatic carbocycles. The topological polar surface area (TPSA) is 76.1 Å². The van der Waals surface area contributed by atoms with Crippen LogP contribution in [0.5, 0.6) is 0 Å². The van der Waals surface area contributed by atoms with Crippen molar-refractivity contribution in [1.82, 2.24) is 10.3 Å². The Kier molecular flexibility index (Phi) is 6.84. The fraction of sp³-hybridized carbons (Fsp3) is 0.182. The second-order valence-corrected chi connectivity index (χ2v) is 9.41. The highest BCUT2D eigenvalue weighted by molar-refractivity contribution is 7.91. The summed E-state index contributed by atoms with van der Waals surface area (Å²) >= 11 is 5.85. The van der Waals surface area contributed by atoms with E-state index in [-0.39, 0.29) is 29.3 Å². The molecule has 0 aliphatic carbocycles. The van der Waals surface area contributed by atoms with E-state index in [1.54, 1.807) is 36.4 Å². The summed E-state index contributed by atoms with van der Waals surface area (Å²) < 4.78 is 40.2. The molecule has 0 radical (unpaired) electrons. The Labute approximate surface area is 179 Å². The molecular formula is C22H20ClFN2O3S. The summed E-state index contributed by atoms with van der Waals surface area (Å²) in [6.07, 6.45) is 3.07. The fourth-order valence-electron chi connectivity index (χ4n) is 2.99. The number of aromatic nitrogens is 1. The van der Waals surface area contributed by atoms with Crippen LogP contribution < -0.4 is 5.32 Å². The van der Waals surface area contributed by atoms with Gasteiger partial charge in [0.2, 0.25) is 5.91 Å². The first-order chi connectivity index (χ1) is 14.3. The summed E-state index contributed by atoms with van der Waals surface area (Å²) in [5.41, 5.74) is 1.42. The number of carbonyl (C=O) groups is 1. The van der Waals surface area contributed by atoms with Crippen LogP contribution in [0.25, 0.3) is 0 Å². The first-order valence-corrected chi connectivity index (χ1v) is 11.1. The summed E-state index contributed by atoms with van der Waals surface area (Å²) in [6.45, 7) is 1.36. The van der Waals surface area contributed by atoms with Gasteiger partial charge in [-0.1, -0.05) is 29.8 Å². The van der Waals surface area contributed by atoms with E-state index in [0.717, 1.165) is 11.6 Å². The molecule has 0 aliphatic heterocycles. The molecule has 0 aliphatic rings. The van der Waals surface area contributed by atoms with E-state index in [4.69, 9.17) is 11.6 Å². The zero-order valence-electron chi connectivity index (χ0n) is 16.2. The highest BCUT2D eigenvalue weighted by Crippen LogP contribution is 2.29. The zero-order valence-corrected chi connectivity index (χ0v) is 17.8. The molecular weight excluding hydrogens is 427 g/mol. The van der Waals surface area contributed by atoms with Gasteiger partial charge < -0.3 is 5.32 Å². The molecule has 3 aromatic rings. The van der Waals surface area contributed by atoms with Crippen molar-refractivity contribution >= 4 is 27.3 Å². The van der Waals surface area contributed by atoms with Gasteiger partial charge in [0.25, 0.3) is 0 Å². The monoisotopic (exact) mass is 446 g/mol. The number of carbonyl (C=O) groups excluding carboxylic acids is 1. The van der Waals surface area contributed by atoms with Crippen LogP contribution in [0.15, 0.2) is 71.9 Å². The number of sulfone groups is 1. The highest BCUT2D eigenvalue weighted by atomic mass is 35.5. The van der Waals surface area contributed by atoms with E-state index in [1.807, 2.05) is 0 Å². The molecule has 0 saturated heterocycles. The maximum absolute atomic E-state index is 13.6. The van der Waals surface area contributed by atoms with E-state index in [9.17, 15) is 17.6 Å². The summed E-state index contributed by atoms with van der Waals surface area (Å²) in [5, 5.41) is 2.19. The number of hydrogen-bond donors (Lipinski definition) is 1. The first kappa shape index (κ1) is 21.9. The van der Waals surface area contributed by atoms with E-state index in [0.29, 0.717) is 10.6 Å². The Morgan fingerprint density at radius 2 is 1.90 bits per heavy atom. The predicted octanol–water partition coefficient (Wildman–Crippen LogP) is 4.06. The van der Waals surface area contributed by atoms with Gasteiger partial charge in [-0.3, -0.25) is 9.78 Å². The molecule has 3 rings (SSSR count). The molecule has 30 heavy (non-hydrogen) atoms. The van der Waals surface area contributed by atoms with Crippen molar-refractivity contribution in [3.05, 3.63) is 94.5 Å². The molecule has 0 bridgehead atoms. The van der Waals surface area contributed by atoms with Crippen molar-refractivity contribution in [1.29, 1.82) is 0 Å². The third kappa shape index (κ3) is 5.23. The van der Waals surface area contributed by atoms with E-state index < -0.39 is 20.9 Å². The number of nitrogens with zero attached hydrogens (tertiary/aromatic N) is 1. The Bertz CT molecular complexity index is 1140. The summed E-state index contributed by atoms with van der Waals surface area (Å²) in [7, 11) is -3.91. The Balaban J connectivity index is 1.83. The van der Waals surface area contributed by atoms with Crippen LogP contribution in [0.3, 0.4) is 0 Å². The quantitative estimate of drug-likeness (QED) is 0.555. The molecule has 1 N–H and O–H groups in total. The largest absolute Gasteiger partial charge is 0.354 e. The number of pyridine rings is 1. The molecule has 1 heterocycles. The van der Waals surface area contributed by atoms with Crippen LogP contribution in [0, 0.1) is 12.7 Å². The number of rotatable bonds is 7. The second kappa shape index (κ2) is 9.36. The maximum Gasteiger partial charge on any atom is 0.224 e. The van der Waals surface area contributed by atoms with Gasteiger partial charge in [-0.05, 0) is 60.0 Å². The second-order valence-electron chi connectivity index (χ2n) is 6.84. The number of halogens is 2. The minimum atomic E-state index is -3.91. The fourth-order valence-corrected chi connectivity index (χ4v) is 4.84. The van der Waals surface area contributed by atoms with Crippen molar-refractivity contribution in [2.24, 2.45) is 0 Å².